The largest absolute Gasteiger partial charge is 0.0988 e. The number of hydrogen-bond acceptors (Lipinski definition) is 0. The van der Waals surface area contributed by atoms with Crippen molar-refractivity contribution in [1.82, 2.24) is 0 Å². The van der Waals surface area contributed by atoms with E-state index in [9.17, 15) is 0 Å². The van der Waals surface area contributed by atoms with E-state index in [1.807, 2.05) is 52.8 Å². The summed E-state index contributed by atoms with van der Waals surface area (Å²) in [5, 5.41) is 0. The van der Waals surface area contributed by atoms with Gasteiger partial charge in [0, 0.05) is 0 Å². The third-order valence-corrected chi connectivity index (χ3v) is 1.90. The van der Waals surface area contributed by atoms with Crippen molar-refractivity contribution in [3.05, 3.63) is 60.8 Å². The Morgan fingerprint density at radius 1 is 1.00 bits per heavy atom. The van der Waals surface area contributed by atoms with Crippen LogP contribution in [0, 0.1) is 0 Å². The highest BCUT2D eigenvalue weighted by Crippen LogP contribution is 2.19. The van der Waals surface area contributed by atoms with Gasteiger partial charge in [0.05, 0.1) is 0 Å². The summed E-state index contributed by atoms with van der Waals surface area (Å²) in [6.07, 6.45) is 8.67. The quantitative estimate of drug-likeness (QED) is 0.493. The first-order chi connectivity index (χ1) is 8.21. The lowest BCUT2D eigenvalue weighted by Crippen LogP contribution is -1.87. The fourth-order valence-electron chi connectivity index (χ4n) is 1.14. The fourth-order valence-corrected chi connectivity index (χ4v) is 1.14. The zero-order valence-electron chi connectivity index (χ0n) is 12.6. The highest BCUT2D eigenvalue weighted by Gasteiger charge is 1.99. The highest BCUT2D eigenvalue weighted by molar-refractivity contribution is 5.49. The molecular weight excluding hydrogens is 204 g/mol. The van der Waals surface area contributed by atoms with Crippen LogP contribution in [0.3, 0.4) is 0 Å². The molecule has 0 spiro atoms. The first-order valence-electron chi connectivity index (χ1n) is 6.51. The van der Waals surface area contributed by atoms with E-state index in [-0.39, 0.29) is 0 Å². The lowest BCUT2D eigenvalue weighted by atomic mass is 9.99. The van der Waals surface area contributed by atoms with Gasteiger partial charge in [0.25, 0.3) is 0 Å². The Kier molecular flexibility index (Phi) is 21.2. The molecule has 0 rings (SSSR count). The Labute approximate surface area is 109 Å². The SMILES string of the molecule is C=CC(=C)C(/C=C\C)=C(\C=C)CC.CC.CC. The minimum atomic E-state index is 0.954. The van der Waals surface area contributed by atoms with Crippen molar-refractivity contribution in [3.8, 4) is 0 Å². The molecule has 0 amide bonds. The van der Waals surface area contributed by atoms with Gasteiger partial charge in [0.15, 0.2) is 0 Å². The molecule has 0 saturated heterocycles. The summed E-state index contributed by atoms with van der Waals surface area (Å²) < 4.78 is 0. The van der Waals surface area contributed by atoms with E-state index in [0.717, 1.165) is 17.6 Å². The van der Waals surface area contributed by atoms with E-state index in [4.69, 9.17) is 0 Å². The summed E-state index contributed by atoms with van der Waals surface area (Å²) in [4.78, 5) is 0. The number of hydrogen-bond donors (Lipinski definition) is 0. The van der Waals surface area contributed by atoms with Gasteiger partial charge in [-0.2, -0.15) is 0 Å². The molecule has 0 heterocycles. The first-order valence-corrected chi connectivity index (χ1v) is 6.51. The van der Waals surface area contributed by atoms with Crippen LogP contribution < -0.4 is 0 Å². The Bertz CT molecular complexity index is 262. The van der Waals surface area contributed by atoms with Gasteiger partial charge in [0.1, 0.15) is 0 Å². The van der Waals surface area contributed by atoms with Crippen LogP contribution in [-0.4, -0.2) is 0 Å². The lowest BCUT2D eigenvalue weighted by Gasteiger charge is -2.06. The molecule has 0 fully saturated rings. The molecule has 0 heteroatoms. The van der Waals surface area contributed by atoms with Crippen LogP contribution in [0.2, 0.25) is 0 Å². The Morgan fingerprint density at radius 2 is 1.47 bits per heavy atom. The van der Waals surface area contributed by atoms with Gasteiger partial charge >= 0.3 is 0 Å². The summed E-state index contributed by atoms with van der Waals surface area (Å²) in [7, 11) is 0. The Hall–Kier alpha value is -1.30. The van der Waals surface area contributed by atoms with Gasteiger partial charge in [-0.15, -0.1) is 0 Å². The van der Waals surface area contributed by atoms with Crippen molar-refractivity contribution in [3.63, 3.8) is 0 Å². The molecule has 0 radical (unpaired) electrons. The summed E-state index contributed by atoms with van der Waals surface area (Å²) in [5.74, 6) is 0. The Morgan fingerprint density at radius 3 is 1.71 bits per heavy atom. The molecule has 0 aliphatic rings. The maximum atomic E-state index is 3.93. The Balaban J connectivity index is -0.000000439. The van der Waals surface area contributed by atoms with E-state index in [2.05, 4.69) is 26.7 Å². The molecule has 0 nitrogen and oxygen atoms in total. The van der Waals surface area contributed by atoms with Crippen LogP contribution >= 0.6 is 0 Å². The molecule has 0 unspecified atom stereocenters. The molecule has 0 aromatic heterocycles. The van der Waals surface area contributed by atoms with Crippen molar-refractivity contribution in [2.75, 3.05) is 0 Å². The van der Waals surface area contributed by atoms with Gasteiger partial charge in [0.2, 0.25) is 0 Å². The zero-order valence-corrected chi connectivity index (χ0v) is 12.6. The van der Waals surface area contributed by atoms with E-state index >= 15 is 0 Å². The maximum Gasteiger partial charge on any atom is -0.0162 e. The maximum absolute atomic E-state index is 3.93. The van der Waals surface area contributed by atoms with Crippen LogP contribution in [0.1, 0.15) is 48.0 Å². The topological polar surface area (TPSA) is 0 Å². The zero-order chi connectivity index (χ0) is 14.3. The van der Waals surface area contributed by atoms with Crippen LogP contribution in [0.15, 0.2) is 60.8 Å². The second-order valence-electron chi connectivity index (χ2n) is 2.73. The molecule has 0 aromatic rings. The molecule has 0 aromatic carbocycles. The third-order valence-electron chi connectivity index (χ3n) is 1.90. The van der Waals surface area contributed by atoms with Crippen LogP contribution in [0.4, 0.5) is 0 Å². The van der Waals surface area contributed by atoms with E-state index < -0.39 is 0 Å². The van der Waals surface area contributed by atoms with Crippen molar-refractivity contribution in [2.45, 2.75) is 48.0 Å². The predicted octanol–water partition coefficient (Wildman–Crippen LogP) is 6.25. The molecular formula is C17H30. The smallest absolute Gasteiger partial charge is 0.0162 e. The van der Waals surface area contributed by atoms with Gasteiger partial charge < -0.3 is 0 Å². The van der Waals surface area contributed by atoms with Gasteiger partial charge in [-0.1, -0.05) is 78.7 Å². The molecule has 0 aliphatic carbocycles. The van der Waals surface area contributed by atoms with Crippen LogP contribution in [0.5, 0.6) is 0 Å². The van der Waals surface area contributed by atoms with E-state index in [0.29, 0.717) is 0 Å². The van der Waals surface area contributed by atoms with Crippen LogP contribution in [-0.2, 0) is 0 Å². The normalized spacial score (nSPS) is 10.2. The summed E-state index contributed by atoms with van der Waals surface area (Å²) >= 11 is 0. The average Bonchev–Trinajstić information content (AvgIpc) is 2.42. The van der Waals surface area contributed by atoms with Gasteiger partial charge in [-0.25, -0.2) is 0 Å². The van der Waals surface area contributed by atoms with Crippen molar-refractivity contribution in [2.24, 2.45) is 0 Å². The highest BCUT2D eigenvalue weighted by atomic mass is 14.0. The summed E-state index contributed by atoms with van der Waals surface area (Å²) in [6.45, 7) is 23.5. The molecule has 0 aliphatic heterocycles. The van der Waals surface area contributed by atoms with Crippen LogP contribution in [0.25, 0.3) is 0 Å². The predicted molar refractivity (Wildman–Crippen MR) is 84.4 cm³/mol. The molecule has 0 bridgehead atoms. The van der Waals surface area contributed by atoms with Crippen molar-refractivity contribution >= 4 is 0 Å². The molecule has 17 heavy (non-hydrogen) atoms. The molecule has 0 atom stereocenters. The van der Waals surface area contributed by atoms with Gasteiger partial charge in [-0.3, -0.25) is 0 Å². The fraction of sp³-hybridized carbons (Fsp3) is 0.412. The second kappa shape index (κ2) is 17.1. The minimum absolute atomic E-state index is 0.954. The number of rotatable bonds is 5. The van der Waals surface area contributed by atoms with E-state index in [1.54, 1.807) is 6.08 Å². The first kappa shape index (κ1) is 21.0. The monoisotopic (exact) mass is 234 g/mol. The average molecular weight is 234 g/mol. The standard InChI is InChI=1S/C13H18.2C2H6/c1-6-10-13(11(5)7-2)12(8-3)9-4;2*1-2/h6-8,10H,2-3,5,9H2,1,4H3;2*1-2H3/b10-6-,13-12+;;. The van der Waals surface area contributed by atoms with Gasteiger partial charge in [-0.05, 0) is 30.1 Å². The van der Waals surface area contributed by atoms with E-state index in [1.165, 1.54) is 5.57 Å². The molecule has 0 saturated carbocycles. The van der Waals surface area contributed by atoms with Crippen molar-refractivity contribution in [1.29, 1.82) is 0 Å². The summed E-state index contributed by atoms with van der Waals surface area (Å²) in [5.41, 5.74) is 3.30. The minimum Gasteiger partial charge on any atom is -0.0988 e. The summed E-state index contributed by atoms with van der Waals surface area (Å²) in [6, 6.07) is 0. The number of allylic oxidation sites excluding steroid dienone is 7. The lowest BCUT2D eigenvalue weighted by molar-refractivity contribution is 1.13. The molecule has 98 valence electrons. The third kappa shape index (κ3) is 9.62. The molecule has 0 N–H and O–H groups in total. The van der Waals surface area contributed by atoms with Crippen molar-refractivity contribution < 1.29 is 0 Å². The second-order valence-corrected chi connectivity index (χ2v) is 2.73.